The van der Waals surface area contributed by atoms with Gasteiger partial charge in [0.25, 0.3) is 0 Å². The standard InChI is InChI=1S/C8H7ClN4/c1-6(9)5-12-8-11-3-2-7(4-10)13-8/h2-3H,1,5H2,(H,11,12,13). The monoisotopic (exact) mass is 194 g/mol. The summed E-state index contributed by atoms with van der Waals surface area (Å²) < 4.78 is 0. The summed E-state index contributed by atoms with van der Waals surface area (Å²) >= 11 is 5.52. The first-order valence-corrected chi connectivity index (χ1v) is 3.90. The number of hydrogen-bond acceptors (Lipinski definition) is 4. The summed E-state index contributed by atoms with van der Waals surface area (Å²) in [6, 6.07) is 3.44. The van der Waals surface area contributed by atoms with Crippen molar-refractivity contribution < 1.29 is 0 Å². The molecule has 0 atom stereocenters. The number of halogens is 1. The Morgan fingerprint density at radius 3 is 3.15 bits per heavy atom. The molecule has 0 unspecified atom stereocenters. The van der Waals surface area contributed by atoms with Crippen molar-refractivity contribution in [1.82, 2.24) is 9.97 Å². The van der Waals surface area contributed by atoms with Crippen molar-refractivity contribution in [2.75, 3.05) is 11.9 Å². The van der Waals surface area contributed by atoms with Crippen LogP contribution in [0.2, 0.25) is 0 Å². The fourth-order valence-electron chi connectivity index (χ4n) is 0.681. The van der Waals surface area contributed by atoms with Gasteiger partial charge in [-0.3, -0.25) is 0 Å². The molecule has 0 aliphatic heterocycles. The van der Waals surface area contributed by atoms with Crippen molar-refractivity contribution in [2.24, 2.45) is 0 Å². The largest absolute Gasteiger partial charge is 0.349 e. The molecule has 5 heteroatoms. The molecule has 0 bridgehead atoms. The molecular weight excluding hydrogens is 188 g/mol. The second-order valence-electron chi connectivity index (χ2n) is 2.25. The highest BCUT2D eigenvalue weighted by atomic mass is 35.5. The van der Waals surface area contributed by atoms with Crippen LogP contribution >= 0.6 is 11.6 Å². The van der Waals surface area contributed by atoms with Crippen LogP contribution in [-0.4, -0.2) is 16.5 Å². The first-order valence-electron chi connectivity index (χ1n) is 3.52. The summed E-state index contributed by atoms with van der Waals surface area (Å²) in [6.07, 6.45) is 1.50. The van der Waals surface area contributed by atoms with E-state index in [1.807, 2.05) is 6.07 Å². The van der Waals surface area contributed by atoms with E-state index in [0.29, 0.717) is 23.2 Å². The Hall–Kier alpha value is -1.60. The van der Waals surface area contributed by atoms with Gasteiger partial charge in [-0.05, 0) is 6.07 Å². The maximum Gasteiger partial charge on any atom is 0.224 e. The Kier molecular flexibility index (Phi) is 3.23. The lowest BCUT2D eigenvalue weighted by molar-refractivity contribution is 1.10. The molecule has 0 saturated carbocycles. The molecule has 0 spiro atoms. The predicted octanol–water partition coefficient (Wildman–Crippen LogP) is 1.51. The van der Waals surface area contributed by atoms with E-state index in [9.17, 15) is 0 Å². The molecule has 0 fully saturated rings. The van der Waals surface area contributed by atoms with E-state index in [0.717, 1.165) is 0 Å². The van der Waals surface area contributed by atoms with Gasteiger partial charge in [0.15, 0.2) is 0 Å². The predicted molar refractivity (Wildman–Crippen MR) is 50.2 cm³/mol. The van der Waals surface area contributed by atoms with E-state index in [2.05, 4.69) is 21.9 Å². The van der Waals surface area contributed by atoms with Gasteiger partial charge in [0.1, 0.15) is 11.8 Å². The number of nitriles is 1. The molecular formula is C8H7ClN4. The Labute approximate surface area is 80.9 Å². The summed E-state index contributed by atoms with van der Waals surface area (Å²) in [5, 5.41) is 11.8. The minimum absolute atomic E-state index is 0.317. The molecule has 66 valence electrons. The van der Waals surface area contributed by atoms with Crippen LogP contribution in [0.15, 0.2) is 23.9 Å². The van der Waals surface area contributed by atoms with Crippen molar-refractivity contribution in [3.05, 3.63) is 29.6 Å². The summed E-state index contributed by atoms with van der Waals surface area (Å²) in [6.45, 7) is 3.88. The van der Waals surface area contributed by atoms with Crippen molar-refractivity contribution >= 4 is 17.5 Å². The van der Waals surface area contributed by atoms with Crippen LogP contribution in [0.3, 0.4) is 0 Å². The Bertz CT molecular complexity index is 355. The quantitative estimate of drug-likeness (QED) is 0.793. The lowest BCUT2D eigenvalue weighted by Crippen LogP contribution is -2.05. The normalized spacial score (nSPS) is 8.92. The van der Waals surface area contributed by atoms with Crippen LogP contribution in [0.5, 0.6) is 0 Å². The van der Waals surface area contributed by atoms with Gasteiger partial charge < -0.3 is 5.32 Å². The fraction of sp³-hybridized carbons (Fsp3) is 0.125. The van der Waals surface area contributed by atoms with Crippen molar-refractivity contribution in [1.29, 1.82) is 5.26 Å². The Morgan fingerprint density at radius 1 is 1.77 bits per heavy atom. The molecule has 1 heterocycles. The Morgan fingerprint density at radius 2 is 2.54 bits per heavy atom. The van der Waals surface area contributed by atoms with E-state index in [1.54, 1.807) is 0 Å². The topological polar surface area (TPSA) is 61.6 Å². The molecule has 0 amide bonds. The molecule has 0 aliphatic carbocycles. The number of aromatic nitrogens is 2. The van der Waals surface area contributed by atoms with Gasteiger partial charge in [-0.2, -0.15) is 5.26 Å². The van der Waals surface area contributed by atoms with Gasteiger partial charge in [-0.15, -0.1) is 0 Å². The number of nitrogens with one attached hydrogen (secondary N) is 1. The van der Waals surface area contributed by atoms with Crippen molar-refractivity contribution in [3.8, 4) is 6.07 Å². The second-order valence-corrected chi connectivity index (χ2v) is 2.78. The van der Waals surface area contributed by atoms with Crippen LogP contribution in [0.1, 0.15) is 5.69 Å². The van der Waals surface area contributed by atoms with Gasteiger partial charge in [0.05, 0.1) is 6.54 Å². The first kappa shape index (κ1) is 9.49. The average molecular weight is 195 g/mol. The van der Waals surface area contributed by atoms with Crippen molar-refractivity contribution in [3.63, 3.8) is 0 Å². The molecule has 13 heavy (non-hydrogen) atoms. The van der Waals surface area contributed by atoms with Gasteiger partial charge >= 0.3 is 0 Å². The van der Waals surface area contributed by atoms with Gasteiger partial charge in [-0.1, -0.05) is 18.2 Å². The highest BCUT2D eigenvalue weighted by Gasteiger charge is 1.97. The summed E-state index contributed by atoms with van der Waals surface area (Å²) in [5.74, 6) is 0.376. The lowest BCUT2D eigenvalue weighted by atomic mass is 10.4. The SMILES string of the molecule is C=C(Cl)CNc1nccc(C#N)n1. The molecule has 0 radical (unpaired) electrons. The number of nitrogens with zero attached hydrogens (tertiary/aromatic N) is 3. The molecule has 0 aromatic carbocycles. The van der Waals surface area contributed by atoms with E-state index < -0.39 is 0 Å². The minimum atomic E-state index is 0.317. The second kappa shape index (κ2) is 4.43. The lowest BCUT2D eigenvalue weighted by Gasteiger charge is -2.01. The summed E-state index contributed by atoms with van der Waals surface area (Å²) in [4.78, 5) is 7.77. The number of hydrogen-bond donors (Lipinski definition) is 1. The zero-order chi connectivity index (χ0) is 9.68. The van der Waals surface area contributed by atoms with Crippen molar-refractivity contribution in [2.45, 2.75) is 0 Å². The molecule has 0 saturated heterocycles. The van der Waals surface area contributed by atoms with Crippen LogP contribution in [-0.2, 0) is 0 Å². The van der Waals surface area contributed by atoms with Crippen LogP contribution in [0.4, 0.5) is 5.95 Å². The molecule has 4 nitrogen and oxygen atoms in total. The first-order chi connectivity index (χ1) is 6.22. The summed E-state index contributed by atoms with van der Waals surface area (Å²) in [7, 11) is 0. The smallest absolute Gasteiger partial charge is 0.224 e. The third kappa shape index (κ3) is 3.09. The molecule has 1 aromatic heterocycles. The van der Waals surface area contributed by atoms with E-state index in [1.165, 1.54) is 12.3 Å². The van der Waals surface area contributed by atoms with Gasteiger partial charge in [0.2, 0.25) is 5.95 Å². The van der Waals surface area contributed by atoms with Crippen LogP contribution < -0.4 is 5.32 Å². The third-order valence-corrected chi connectivity index (χ3v) is 1.34. The van der Waals surface area contributed by atoms with Gasteiger partial charge in [-0.25, -0.2) is 9.97 Å². The summed E-state index contributed by atoms with van der Waals surface area (Å²) in [5.41, 5.74) is 0.317. The average Bonchev–Trinajstić information content (AvgIpc) is 2.15. The van der Waals surface area contributed by atoms with Gasteiger partial charge in [0, 0.05) is 11.2 Å². The number of rotatable bonds is 3. The maximum absolute atomic E-state index is 8.53. The maximum atomic E-state index is 8.53. The molecule has 0 aliphatic rings. The van der Waals surface area contributed by atoms with Crippen LogP contribution in [0, 0.1) is 11.3 Å². The highest BCUT2D eigenvalue weighted by molar-refractivity contribution is 6.29. The fourth-order valence-corrected chi connectivity index (χ4v) is 0.748. The van der Waals surface area contributed by atoms with Crippen LogP contribution in [0.25, 0.3) is 0 Å². The molecule has 1 aromatic rings. The minimum Gasteiger partial charge on any atom is -0.349 e. The number of anilines is 1. The van der Waals surface area contributed by atoms with E-state index >= 15 is 0 Å². The molecule has 1 rings (SSSR count). The zero-order valence-corrected chi connectivity index (χ0v) is 7.54. The van der Waals surface area contributed by atoms with E-state index in [4.69, 9.17) is 16.9 Å². The third-order valence-electron chi connectivity index (χ3n) is 1.21. The zero-order valence-electron chi connectivity index (χ0n) is 6.79. The molecule has 1 N–H and O–H groups in total. The van der Waals surface area contributed by atoms with E-state index in [-0.39, 0.29) is 0 Å². The highest BCUT2D eigenvalue weighted by Crippen LogP contribution is 2.01. The Balaban J connectivity index is 2.68.